The average molecular weight is 393 g/mol. The summed E-state index contributed by atoms with van der Waals surface area (Å²) in [7, 11) is 1.59. The summed E-state index contributed by atoms with van der Waals surface area (Å²) in [5, 5.41) is 7.50. The van der Waals surface area contributed by atoms with Gasteiger partial charge in [-0.1, -0.05) is 12.1 Å². The Kier molecular flexibility index (Phi) is 4.99. The highest BCUT2D eigenvalue weighted by atomic mass is 32.1. The third kappa shape index (κ3) is 3.70. The van der Waals surface area contributed by atoms with Gasteiger partial charge in [0, 0.05) is 23.6 Å². The maximum absolute atomic E-state index is 12.7. The van der Waals surface area contributed by atoms with Crippen molar-refractivity contribution in [2.45, 2.75) is 6.42 Å². The number of carbonyl (C=O) groups is 2. The number of hydrogen-bond donors (Lipinski definition) is 2. The normalized spacial score (nSPS) is 12.4. The monoisotopic (exact) mass is 393 g/mol. The standard InChI is InChI=1S/C21H19N3O3S/c1-27-17-8-6-15(7-9-17)22-21(26)23-16-5-4-14-10-11-24(18(14)13-16)20(25)19-3-2-12-28-19/h2-9,12-13H,10-11H2,1H3,(H2,22,23,26). The number of ether oxygens (including phenoxy) is 1. The number of nitrogens with zero attached hydrogens (tertiary/aromatic N) is 1. The second kappa shape index (κ2) is 7.74. The second-order valence-electron chi connectivity index (χ2n) is 6.34. The minimum atomic E-state index is -0.348. The average Bonchev–Trinajstić information content (AvgIpc) is 3.38. The first-order chi connectivity index (χ1) is 13.6. The fourth-order valence-electron chi connectivity index (χ4n) is 3.17. The van der Waals surface area contributed by atoms with Crippen molar-refractivity contribution in [2.75, 3.05) is 29.2 Å². The Bertz CT molecular complexity index is 1000. The Labute approximate surface area is 166 Å². The number of methoxy groups -OCH3 is 1. The van der Waals surface area contributed by atoms with Gasteiger partial charge in [0.15, 0.2) is 0 Å². The molecule has 3 aromatic rings. The van der Waals surface area contributed by atoms with E-state index in [4.69, 9.17) is 4.74 Å². The van der Waals surface area contributed by atoms with Gasteiger partial charge < -0.3 is 20.3 Å². The van der Waals surface area contributed by atoms with Crippen molar-refractivity contribution in [1.82, 2.24) is 0 Å². The van der Waals surface area contributed by atoms with Gasteiger partial charge in [0.05, 0.1) is 12.0 Å². The molecule has 0 radical (unpaired) electrons. The lowest BCUT2D eigenvalue weighted by molar-refractivity contribution is 0.0993. The lowest BCUT2D eigenvalue weighted by Crippen LogP contribution is -2.28. The molecule has 0 atom stereocenters. The van der Waals surface area contributed by atoms with Gasteiger partial charge in [0.2, 0.25) is 0 Å². The Morgan fingerprint density at radius 2 is 1.79 bits per heavy atom. The van der Waals surface area contributed by atoms with E-state index in [1.54, 1.807) is 36.3 Å². The van der Waals surface area contributed by atoms with Crippen molar-refractivity contribution in [3.05, 3.63) is 70.4 Å². The lowest BCUT2D eigenvalue weighted by Gasteiger charge is -2.17. The summed E-state index contributed by atoms with van der Waals surface area (Å²) in [6.07, 6.45) is 0.810. The highest BCUT2D eigenvalue weighted by molar-refractivity contribution is 7.12. The van der Waals surface area contributed by atoms with Crippen LogP contribution in [0.15, 0.2) is 60.0 Å². The van der Waals surface area contributed by atoms with Gasteiger partial charge in [-0.2, -0.15) is 0 Å². The maximum Gasteiger partial charge on any atom is 0.323 e. The molecule has 1 aromatic heterocycles. The van der Waals surface area contributed by atoms with Crippen molar-refractivity contribution >= 4 is 40.3 Å². The summed E-state index contributed by atoms with van der Waals surface area (Å²) in [6.45, 7) is 0.646. The van der Waals surface area contributed by atoms with Crippen LogP contribution in [-0.4, -0.2) is 25.6 Å². The molecule has 28 heavy (non-hydrogen) atoms. The molecule has 1 aliphatic heterocycles. The van der Waals surface area contributed by atoms with Crippen LogP contribution in [-0.2, 0) is 6.42 Å². The Morgan fingerprint density at radius 1 is 1.04 bits per heavy atom. The molecule has 1 aliphatic rings. The molecule has 0 saturated carbocycles. The molecule has 6 nitrogen and oxygen atoms in total. The fraction of sp³-hybridized carbons (Fsp3) is 0.143. The van der Waals surface area contributed by atoms with Crippen LogP contribution in [0.1, 0.15) is 15.2 Å². The molecular weight excluding hydrogens is 374 g/mol. The van der Waals surface area contributed by atoms with E-state index in [1.165, 1.54) is 11.3 Å². The molecule has 7 heteroatoms. The van der Waals surface area contributed by atoms with Crippen LogP contribution in [0.25, 0.3) is 0 Å². The molecular formula is C21H19N3O3S. The highest BCUT2D eigenvalue weighted by Gasteiger charge is 2.26. The molecule has 142 valence electrons. The van der Waals surface area contributed by atoms with Crippen LogP contribution in [0.4, 0.5) is 21.9 Å². The first-order valence-electron chi connectivity index (χ1n) is 8.84. The summed E-state index contributed by atoms with van der Waals surface area (Å²) in [4.78, 5) is 27.5. The number of thiophene rings is 1. The number of benzene rings is 2. The third-order valence-corrected chi connectivity index (χ3v) is 5.42. The van der Waals surface area contributed by atoms with E-state index in [0.717, 1.165) is 23.4 Å². The number of fused-ring (bicyclic) bond motifs is 1. The number of rotatable bonds is 4. The summed E-state index contributed by atoms with van der Waals surface area (Å²) < 4.78 is 5.11. The minimum Gasteiger partial charge on any atom is -0.497 e. The molecule has 0 aliphatic carbocycles. The van der Waals surface area contributed by atoms with Gasteiger partial charge >= 0.3 is 6.03 Å². The number of nitrogens with one attached hydrogen (secondary N) is 2. The van der Waals surface area contributed by atoms with Gasteiger partial charge in [-0.15, -0.1) is 11.3 Å². The van der Waals surface area contributed by atoms with Gasteiger partial charge in [0.25, 0.3) is 5.91 Å². The maximum atomic E-state index is 12.7. The van der Waals surface area contributed by atoms with Crippen molar-refractivity contribution in [3.8, 4) is 5.75 Å². The van der Waals surface area contributed by atoms with Crippen LogP contribution < -0.4 is 20.3 Å². The van der Waals surface area contributed by atoms with Crippen LogP contribution in [0.2, 0.25) is 0 Å². The van der Waals surface area contributed by atoms with Crippen molar-refractivity contribution in [1.29, 1.82) is 0 Å². The summed E-state index contributed by atoms with van der Waals surface area (Å²) >= 11 is 1.43. The largest absolute Gasteiger partial charge is 0.497 e. The lowest BCUT2D eigenvalue weighted by atomic mass is 10.1. The van der Waals surface area contributed by atoms with Crippen LogP contribution >= 0.6 is 11.3 Å². The zero-order valence-corrected chi connectivity index (χ0v) is 16.1. The predicted molar refractivity (Wildman–Crippen MR) is 112 cm³/mol. The molecule has 0 bridgehead atoms. The first kappa shape index (κ1) is 18.1. The van der Waals surface area contributed by atoms with Crippen molar-refractivity contribution in [2.24, 2.45) is 0 Å². The Morgan fingerprint density at radius 3 is 2.50 bits per heavy atom. The molecule has 0 saturated heterocycles. The number of anilines is 3. The first-order valence-corrected chi connectivity index (χ1v) is 9.72. The third-order valence-electron chi connectivity index (χ3n) is 4.56. The molecule has 4 rings (SSSR count). The van der Waals surface area contributed by atoms with E-state index in [-0.39, 0.29) is 11.9 Å². The van der Waals surface area contributed by atoms with E-state index in [2.05, 4.69) is 10.6 Å². The van der Waals surface area contributed by atoms with Crippen LogP contribution in [0, 0.1) is 0 Å². The van der Waals surface area contributed by atoms with Gasteiger partial charge in [-0.3, -0.25) is 4.79 Å². The Hall–Kier alpha value is -3.32. The van der Waals surface area contributed by atoms with E-state index in [9.17, 15) is 9.59 Å². The predicted octanol–water partition coefficient (Wildman–Crippen LogP) is 4.60. The molecule has 0 fully saturated rings. The van der Waals surface area contributed by atoms with Crippen LogP contribution in [0.3, 0.4) is 0 Å². The molecule has 0 spiro atoms. The minimum absolute atomic E-state index is 0.00594. The highest BCUT2D eigenvalue weighted by Crippen LogP contribution is 2.32. The fourth-order valence-corrected chi connectivity index (χ4v) is 3.84. The summed E-state index contributed by atoms with van der Waals surface area (Å²) in [6, 6.07) is 16.1. The second-order valence-corrected chi connectivity index (χ2v) is 7.28. The summed E-state index contributed by atoms with van der Waals surface area (Å²) in [5.41, 5.74) is 3.25. The number of hydrogen-bond acceptors (Lipinski definition) is 4. The topological polar surface area (TPSA) is 70.7 Å². The summed E-state index contributed by atoms with van der Waals surface area (Å²) in [5.74, 6) is 0.716. The zero-order valence-electron chi connectivity index (χ0n) is 15.3. The van der Waals surface area contributed by atoms with E-state index < -0.39 is 0 Å². The van der Waals surface area contributed by atoms with Gasteiger partial charge in [0.1, 0.15) is 5.75 Å². The van der Waals surface area contributed by atoms with Crippen molar-refractivity contribution in [3.63, 3.8) is 0 Å². The smallest absolute Gasteiger partial charge is 0.323 e. The van der Waals surface area contributed by atoms with Gasteiger partial charge in [-0.25, -0.2) is 4.79 Å². The van der Waals surface area contributed by atoms with E-state index >= 15 is 0 Å². The number of carbonyl (C=O) groups excluding carboxylic acids is 2. The molecule has 2 aromatic carbocycles. The molecule has 3 amide bonds. The number of urea groups is 1. The number of amides is 3. The van der Waals surface area contributed by atoms with Crippen molar-refractivity contribution < 1.29 is 14.3 Å². The van der Waals surface area contributed by atoms with E-state index in [1.807, 2.05) is 35.7 Å². The molecule has 0 unspecified atom stereocenters. The zero-order chi connectivity index (χ0) is 19.5. The molecule has 2 heterocycles. The van der Waals surface area contributed by atoms with Gasteiger partial charge in [-0.05, 0) is 59.8 Å². The van der Waals surface area contributed by atoms with Crippen LogP contribution in [0.5, 0.6) is 5.75 Å². The SMILES string of the molecule is COc1ccc(NC(=O)Nc2ccc3c(c2)N(C(=O)c2cccs2)CC3)cc1. The molecule has 2 N–H and O–H groups in total. The quantitative estimate of drug-likeness (QED) is 0.680. The van der Waals surface area contributed by atoms with E-state index in [0.29, 0.717) is 22.8 Å². The Balaban J connectivity index is 1.47.